The summed E-state index contributed by atoms with van der Waals surface area (Å²) < 4.78 is 2.91. The van der Waals surface area contributed by atoms with Crippen LogP contribution in [0.25, 0.3) is 11.2 Å². The minimum absolute atomic E-state index is 0.110. The first-order valence-corrected chi connectivity index (χ1v) is 9.25. The number of aryl methyl sites for hydroxylation is 1. The van der Waals surface area contributed by atoms with Crippen LogP contribution < -0.4 is 16.6 Å². The van der Waals surface area contributed by atoms with Gasteiger partial charge in [-0.15, -0.1) is 0 Å². The van der Waals surface area contributed by atoms with E-state index in [1.807, 2.05) is 60.7 Å². The number of fused-ring (bicyclic) bond motifs is 1. The Balaban J connectivity index is 1.77. The number of aromatic amines is 1. The normalized spacial score (nSPS) is 12.2. The third-order valence-electron chi connectivity index (χ3n) is 4.84. The van der Waals surface area contributed by atoms with Gasteiger partial charge in [-0.1, -0.05) is 60.7 Å². The van der Waals surface area contributed by atoms with Gasteiger partial charge < -0.3 is 15.0 Å². The number of benzene rings is 2. The molecule has 148 valence electrons. The van der Waals surface area contributed by atoms with Crippen molar-refractivity contribution < 1.29 is 5.11 Å². The molecule has 2 heterocycles. The quantitative estimate of drug-likeness (QED) is 0.465. The molecule has 4 rings (SSSR count). The topological polar surface area (TPSA) is 105 Å². The fourth-order valence-electron chi connectivity index (χ4n) is 3.28. The van der Waals surface area contributed by atoms with Crippen molar-refractivity contribution in [2.24, 2.45) is 7.05 Å². The van der Waals surface area contributed by atoms with E-state index in [1.54, 1.807) is 11.6 Å². The van der Waals surface area contributed by atoms with Crippen LogP contribution in [-0.4, -0.2) is 24.2 Å². The standard InChI is InChI=1S/C21H21N5O3/c1-25-18-17(19(28)24-21(25)29)26(13-16(27)15-10-6-3-7-11-15)20(23-18)22-12-14-8-4-2-5-9-14/h2-11,16,27H,12-13H2,1H3,(H,22,23)(H,24,28,29)/t16-/m1/s1. The molecule has 0 bridgehead atoms. The highest BCUT2D eigenvalue weighted by molar-refractivity contribution is 5.74. The Hall–Kier alpha value is -3.65. The second kappa shape index (κ2) is 7.76. The molecule has 3 N–H and O–H groups in total. The van der Waals surface area contributed by atoms with Crippen molar-refractivity contribution in [1.29, 1.82) is 0 Å². The number of H-pyrrole nitrogens is 1. The lowest BCUT2D eigenvalue weighted by Gasteiger charge is -2.15. The SMILES string of the molecule is Cn1c(=O)[nH]c(=O)c2c1nc(NCc1ccccc1)n2C[C@@H](O)c1ccccc1. The Bertz CT molecular complexity index is 1240. The van der Waals surface area contributed by atoms with E-state index in [4.69, 9.17) is 0 Å². The van der Waals surface area contributed by atoms with Gasteiger partial charge in [-0.3, -0.25) is 14.3 Å². The maximum Gasteiger partial charge on any atom is 0.329 e. The first-order valence-electron chi connectivity index (χ1n) is 9.25. The Kier molecular flexibility index (Phi) is 5.01. The molecule has 8 heteroatoms. The zero-order valence-electron chi connectivity index (χ0n) is 15.9. The highest BCUT2D eigenvalue weighted by atomic mass is 16.3. The molecule has 0 radical (unpaired) electrons. The number of nitrogens with zero attached hydrogens (tertiary/aromatic N) is 3. The molecule has 0 saturated carbocycles. The van der Waals surface area contributed by atoms with E-state index in [2.05, 4.69) is 15.3 Å². The number of hydrogen-bond donors (Lipinski definition) is 3. The van der Waals surface area contributed by atoms with Crippen LogP contribution in [0.2, 0.25) is 0 Å². The van der Waals surface area contributed by atoms with E-state index in [1.165, 1.54) is 4.57 Å². The summed E-state index contributed by atoms with van der Waals surface area (Å²) in [5, 5.41) is 13.9. The van der Waals surface area contributed by atoms with Crippen LogP contribution >= 0.6 is 0 Å². The highest BCUT2D eigenvalue weighted by Crippen LogP contribution is 2.22. The Morgan fingerprint density at radius 1 is 1.07 bits per heavy atom. The average molecular weight is 391 g/mol. The number of hydrogen-bond acceptors (Lipinski definition) is 5. The van der Waals surface area contributed by atoms with Crippen LogP contribution in [0.4, 0.5) is 5.95 Å². The second-order valence-corrected chi connectivity index (χ2v) is 6.80. The first kappa shape index (κ1) is 18.7. The van der Waals surface area contributed by atoms with Gasteiger partial charge in [0.05, 0.1) is 12.6 Å². The molecule has 0 aliphatic carbocycles. The third-order valence-corrected chi connectivity index (χ3v) is 4.84. The number of aliphatic hydroxyl groups is 1. The molecular formula is C21H21N5O3. The molecule has 0 aliphatic rings. The van der Waals surface area contributed by atoms with Crippen LogP contribution in [-0.2, 0) is 20.1 Å². The molecule has 0 spiro atoms. The first-order chi connectivity index (χ1) is 14.0. The van der Waals surface area contributed by atoms with Crippen LogP contribution in [0.3, 0.4) is 0 Å². The summed E-state index contributed by atoms with van der Waals surface area (Å²) in [5.74, 6) is 0.408. The van der Waals surface area contributed by atoms with Gasteiger partial charge in [-0.25, -0.2) is 4.79 Å². The lowest BCUT2D eigenvalue weighted by molar-refractivity contribution is 0.158. The zero-order chi connectivity index (χ0) is 20.4. The van der Waals surface area contributed by atoms with Crippen molar-refractivity contribution in [2.75, 3.05) is 5.32 Å². The average Bonchev–Trinajstić information content (AvgIpc) is 3.11. The van der Waals surface area contributed by atoms with Crippen LogP contribution in [0, 0.1) is 0 Å². The molecule has 4 aromatic rings. The van der Waals surface area contributed by atoms with Crippen molar-refractivity contribution in [3.63, 3.8) is 0 Å². The third kappa shape index (κ3) is 3.70. The minimum atomic E-state index is -0.845. The Morgan fingerprint density at radius 3 is 2.41 bits per heavy atom. The number of anilines is 1. The summed E-state index contributed by atoms with van der Waals surface area (Å²) >= 11 is 0. The lowest BCUT2D eigenvalue weighted by Crippen LogP contribution is -2.29. The largest absolute Gasteiger partial charge is 0.387 e. The Morgan fingerprint density at radius 2 is 1.72 bits per heavy atom. The van der Waals surface area contributed by atoms with E-state index in [9.17, 15) is 14.7 Å². The molecule has 0 fully saturated rings. The smallest absolute Gasteiger partial charge is 0.329 e. The minimum Gasteiger partial charge on any atom is -0.387 e. The number of aromatic nitrogens is 4. The summed E-state index contributed by atoms with van der Waals surface area (Å²) in [7, 11) is 1.55. The van der Waals surface area contributed by atoms with Gasteiger partial charge in [-0.05, 0) is 11.1 Å². The van der Waals surface area contributed by atoms with E-state index in [0.717, 1.165) is 11.1 Å². The maximum atomic E-state index is 12.5. The van der Waals surface area contributed by atoms with Gasteiger partial charge in [0.2, 0.25) is 5.95 Å². The molecule has 2 aromatic carbocycles. The lowest BCUT2D eigenvalue weighted by atomic mass is 10.1. The summed E-state index contributed by atoms with van der Waals surface area (Å²) in [5.41, 5.74) is 1.18. The summed E-state index contributed by atoms with van der Waals surface area (Å²) in [6, 6.07) is 19.0. The number of nitrogens with one attached hydrogen (secondary N) is 2. The van der Waals surface area contributed by atoms with Crippen LogP contribution in [0.1, 0.15) is 17.2 Å². The maximum absolute atomic E-state index is 12.5. The molecule has 0 unspecified atom stereocenters. The number of imidazole rings is 1. The van der Waals surface area contributed by atoms with Gasteiger partial charge >= 0.3 is 5.69 Å². The monoisotopic (exact) mass is 391 g/mol. The molecule has 8 nitrogen and oxygen atoms in total. The molecule has 2 aromatic heterocycles. The number of rotatable bonds is 6. The van der Waals surface area contributed by atoms with Crippen LogP contribution in [0.5, 0.6) is 0 Å². The van der Waals surface area contributed by atoms with Gasteiger partial charge in [0, 0.05) is 13.6 Å². The fraction of sp³-hybridized carbons (Fsp3) is 0.190. The van der Waals surface area contributed by atoms with E-state index >= 15 is 0 Å². The molecule has 0 saturated heterocycles. The van der Waals surface area contributed by atoms with Gasteiger partial charge in [0.25, 0.3) is 5.56 Å². The molecule has 0 amide bonds. The van der Waals surface area contributed by atoms with Crippen LogP contribution in [0.15, 0.2) is 70.3 Å². The predicted octanol–water partition coefficient (Wildman–Crippen LogP) is 1.77. The van der Waals surface area contributed by atoms with Gasteiger partial charge in [0.1, 0.15) is 0 Å². The zero-order valence-corrected chi connectivity index (χ0v) is 15.9. The summed E-state index contributed by atoms with van der Waals surface area (Å²) in [4.78, 5) is 31.3. The summed E-state index contributed by atoms with van der Waals surface area (Å²) in [6.45, 7) is 0.594. The molecule has 0 aliphatic heterocycles. The van der Waals surface area contributed by atoms with Crippen molar-refractivity contribution in [3.05, 3.63) is 92.6 Å². The van der Waals surface area contributed by atoms with Crippen molar-refractivity contribution in [1.82, 2.24) is 19.1 Å². The van der Waals surface area contributed by atoms with E-state index in [-0.39, 0.29) is 17.7 Å². The van der Waals surface area contributed by atoms with Gasteiger partial charge in [-0.2, -0.15) is 4.98 Å². The molecule has 1 atom stereocenters. The second-order valence-electron chi connectivity index (χ2n) is 6.80. The van der Waals surface area contributed by atoms with E-state index < -0.39 is 17.4 Å². The summed E-state index contributed by atoms with van der Waals surface area (Å²) in [6.07, 6.45) is -0.845. The van der Waals surface area contributed by atoms with Crippen molar-refractivity contribution in [2.45, 2.75) is 19.2 Å². The molecular weight excluding hydrogens is 370 g/mol. The predicted molar refractivity (Wildman–Crippen MR) is 111 cm³/mol. The number of aliphatic hydroxyl groups excluding tert-OH is 1. The highest BCUT2D eigenvalue weighted by Gasteiger charge is 2.20. The van der Waals surface area contributed by atoms with E-state index in [0.29, 0.717) is 12.5 Å². The molecule has 29 heavy (non-hydrogen) atoms. The Labute approximate surface area is 166 Å². The fourth-order valence-corrected chi connectivity index (χ4v) is 3.28. The van der Waals surface area contributed by atoms with Crippen molar-refractivity contribution >= 4 is 17.1 Å². The van der Waals surface area contributed by atoms with Crippen molar-refractivity contribution in [3.8, 4) is 0 Å². The van der Waals surface area contributed by atoms with Gasteiger partial charge in [0.15, 0.2) is 11.2 Å².